The third-order valence-corrected chi connectivity index (χ3v) is 6.35. The molecule has 1 fully saturated rings. The van der Waals surface area contributed by atoms with Gasteiger partial charge in [0.05, 0.1) is 18.2 Å². The molecule has 1 aromatic carbocycles. The van der Waals surface area contributed by atoms with Crippen LogP contribution in [-0.2, 0) is 29.0 Å². The zero-order valence-electron chi connectivity index (χ0n) is 18.0. The van der Waals surface area contributed by atoms with Gasteiger partial charge >= 0.3 is 0 Å². The maximum atomic E-state index is 12.7. The molecule has 1 unspecified atom stereocenters. The number of anilines is 1. The predicted octanol–water partition coefficient (Wildman–Crippen LogP) is 2.99. The summed E-state index contributed by atoms with van der Waals surface area (Å²) in [6.45, 7) is 1.53. The minimum atomic E-state index is -0.321. The summed E-state index contributed by atoms with van der Waals surface area (Å²) in [5.41, 5.74) is 5.27. The molecular weight excluding hydrogens is 402 g/mol. The van der Waals surface area contributed by atoms with Crippen LogP contribution in [0, 0.1) is 5.92 Å². The maximum Gasteiger partial charge on any atom is 0.227 e. The monoisotopic (exact) mass is 429 g/mol. The van der Waals surface area contributed by atoms with Gasteiger partial charge in [-0.1, -0.05) is 24.3 Å². The van der Waals surface area contributed by atoms with E-state index < -0.39 is 0 Å². The van der Waals surface area contributed by atoms with Gasteiger partial charge in [-0.3, -0.25) is 19.3 Å². The molecule has 0 bridgehead atoms. The third-order valence-electron chi connectivity index (χ3n) is 6.35. The van der Waals surface area contributed by atoms with Crippen molar-refractivity contribution in [1.82, 2.24) is 20.1 Å². The first-order valence-electron chi connectivity index (χ1n) is 11.3. The molecule has 2 amide bonds. The molecule has 32 heavy (non-hydrogen) atoms. The first-order valence-corrected chi connectivity index (χ1v) is 11.3. The lowest BCUT2D eigenvalue weighted by atomic mass is 9.95. The van der Waals surface area contributed by atoms with Gasteiger partial charge < -0.3 is 10.2 Å². The Labute approximate surface area is 187 Å². The molecular formula is C25H27N5O2. The SMILES string of the molecule is O=C(NCCn1nc(-c2ccccn2)c2c1CCCC2)C1CC(=O)N(c2ccccc2)C1. The number of para-hydroxylation sites is 1. The molecule has 1 aliphatic heterocycles. The second kappa shape index (κ2) is 8.94. The number of nitrogens with one attached hydrogen (secondary N) is 1. The number of hydrogen-bond donors (Lipinski definition) is 1. The van der Waals surface area contributed by atoms with E-state index >= 15 is 0 Å². The van der Waals surface area contributed by atoms with E-state index in [4.69, 9.17) is 5.10 Å². The molecule has 1 saturated heterocycles. The average molecular weight is 430 g/mol. The lowest BCUT2D eigenvalue weighted by Gasteiger charge is -2.17. The molecule has 1 atom stereocenters. The molecule has 3 heterocycles. The molecule has 2 aromatic heterocycles. The topological polar surface area (TPSA) is 80.1 Å². The Kier molecular flexibility index (Phi) is 5.71. The van der Waals surface area contributed by atoms with Crippen LogP contribution < -0.4 is 10.2 Å². The lowest BCUT2D eigenvalue weighted by Crippen LogP contribution is -2.35. The van der Waals surface area contributed by atoms with Crippen molar-refractivity contribution in [3.05, 3.63) is 66.0 Å². The summed E-state index contributed by atoms with van der Waals surface area (Å²) in [6.07, 6.45) is 6.40. The van der Waals surface area contributed by atoms with Gasteiger partial charge in [-0.25, -0.2) is 0 Å². The summed E-state index contributed by atoms with van der Waals surface area (Å²) < 4.78 is 2.04. The zero-order chi connectivity index (χ0) is 21.9. The van der Waals surface area contributed by atoms with Crippen LogP contribution in [0.5, 0.6) is 0 Å². The highest BCUT2D eigenvalue weighted by Gasteiger charge is 2.35. The number of carbonyl (C=O) groups is 2. The molecule has 0 radical (unpaired) electrons. The number of pyridine rings is 1. The van der Waals surface area contributed by atoms with Crippen molar-refractivity contribution in [2.24, 2.45) is 5.92 Å². The van der Waals surface area contributed by atoms with E-state index in [2.05, 4.69) is 10.3 Å². The normalized spacial score (nSPS) is 17.9. The van der Waals surface area contributed by atoms with Crippen LogP contribution in [-0.4, -0.2) is 39.7 Å². The van der Waals surface area contributed by atoms with Gasteiger partial charge in [0.25, 0.3) is 0 Å². The largest absolute Gasteiger partial charge is 0.354 e. The fraction of sp³-hybridized carbons (Fsp3) is 0.360. The smallest absolute Gasteiger partial charge is 0.227 e. The number of amides is 2. The number of carbonyl (C=O) groups excluding carboxylic acids is 2. The summed E-state index contributed by atoms with van der Waals surface area (Å²) in [4.78, 5) is 31.3. The van der Waals surface area contributed by atoms with E-state index in [1.807, 2.05) is 53.2 Å². The van der Waals surface area contributed by atoms with Crippen molar-refractivity contribution in [1.29, 1.82) is 0 Å². The van der Waals surface area contributed by atoms with Gasteiger partial charge in [-0.15, -0.1) is 0 Å². The Balaban J connectivity index is 1.23. The maximum absolute atomic E-state index is 12.7. The number of hydrogen-bond acceptors (Lipinski definition) is 4. The van der Waals surface area contributed by atoms with Gasteiger partial charge in [-0.05, 0) is 49.9 Å². The van der Waals surface area contributed by atoms with E-state index in [0.717, 1.165) is 36.3 Å². The van der Waals surface area contributed by atoms with Gasteiger partial charge in [0, 0.05) is 42.7 Å². The van der Waals surface area contributed by atoms with Gasteiger partial charge in [0.1, 0.15) is 5.69 Å². The molecule has 0 spiro atoms. The van der Waals surface area contributed by atoms with E-state index in [0.29, 0.717) is 19.6 Å². The van der Waals surface area contributed by atoms with Crippen LogP contribution in [0.15, 0.2) is 54.7 Å². The third kappa shape index (κ3) is 4.02. The van der Waals surface area contributed by atoms with Crippen LogP contribution in [0.25, 0.3) is 11.4 Å². The molecule has 1 aliphatic carbocycles. The minimum absolute atomic E-state index is 0.00232. The average Bonchev–Trinajstić information content (AvgIpc) is 3.41. The standard InChI is InChI=1S/C25H27N5O2/c31-23-16-18(17-29(23)19-8-2-1-3-9-19)25(32)27-14-15-30-22-12-5-4-10-20(22)24(28-30)21-11-6-7-13-26-21/h1-3,6-9,11,13,18H,4-5,10,12,14-17H2,(H,27,32). The molecule has 3 aromatic rings. The summed E-state index contributed by atoms with van der Waals surface area (Å²) in [6, 6.07) is 15.4. The molecule has 1 N–H and O–H groups in total. The van der Waals surface area contributed by atoms with Gasteiger partial charge in [0.15, 0.2) is 0 Å². The minimum Gasteiger partial charge on any atom is -0.354 e. The van der Waals surface area contributed by atoms with Crippen molar-refractivity contribution < 1.29 is 9.59 Å². The van der Waals surface area contributed by atoms with Crippen LogP contribution in [0.1, 0.15) is 30.5 Å². The second-order valence-corrected chi connectivity index (χ2v) is 8.45. The first kappa shape index (κ1) is 20.4. The Morgan fingerprint density at radius 2 is 1.88 bits per heavy atom. The van der Waals surface area contributed by atoms with Crippen molar-refractivity contribution in [3.63, 3.8) is 0 Å². The highest BCUT2D eigenvalue weighted by Crippen LogP contribution is 2.30. The number of rotatable bonds is 6. The van der Waals surface area contributed by atoms with Crippen LogP contribution in [0.2, 0.25) is 0 Å². The van der Waals surface area contributed by atoms with Crippen LogP contribution in [0.4, 0.5) is 5.69 Å². The summed E-state index contributed by atoms with van der Waals surface area (Å²) >= 11 is 0. The van der Waals surface area contributed by atoms with Crippen molar-refractivity contribution >= 4 is 17.5 Å². The van der Waals surface area contributed by atoms with Crippen LogP contribution in [0.3, 0.4) is 0 Å². The summed E-state index contributed by atoms with van der Waals surface area (Å²) in [5.74, 6) is -0.390. The molecule has 0 saturated carbocycles. The number of nitrogens with zero attached hydrogens (tertiary/aromatic N) is 4. The first-order chi connectivity index (χ1) is 15.7. The number of aromatic nitrogens is 3. The Bertz CT molecular complexity index is 1110. The molecule has 5 rings (SSSR count). The Hall–Kier alpha value is -3.48. The van der Waals surface area contributed by atoms with E-state index in [9.17, 15) is 9.59 Å². The van der Waals surface area contributed by atoms with Crippen molar-refractivity contribution in [2.75, 3.05) is 18.0 Å². The molecule has 7 heteroatoms. The van der Waals surface area contributed by atoms with Crippen LogP contribution >= 0.6 is 0 Å². The lowest BCUT2D eigenvalue weighted by molar-refractivity contribution is -0.126. The summed E-state index contributed by atoms with van der Waals surface area (Å²) in [7, 11) is 0. The predicted molar refractivity (Wildman–Crippen MR) is 122 cm³/mol. The van der Waals surface area contributed by atoms with Crippen molar-refractivity contribution in [2.45, 2.75) is 38.6 Å². The van der Waals surface area contributed by atoms with E-state index in [1.165, 1.54) is 17.7 Å². The second-order valence-electron chi connectivity index (χ2n) is 8.45. The molecule has 2 aliphatic rings. The number of benzene rings is 1. The van der Waals surface area contributed by atoms with E-state index in [1.54, 1.807) is 11.1 Å². The summed E-state index contributed by atoms with van der Waals surface area (Å²) in [5, 5.41) is 7.89. The van der Waals surface area contributed by atoms with Gasteiger partial charge in [0.2, 0.25) is 11.8 Å². The fourth-order valence-electron chi connectivity index (χ4n) is 4.73. The zero-order valence-corrected chi connectivity index (χ0v) is 18.0. The highest BCUT2D eigenvalue weighted by atomic mass is 16.2. The van der Waals surface area contributed by atoms with Gasteiger partial charge in [-0.2, -0.15) is 5.10 Å². The quantitative estimate of drug-likeness (QED) is 0.653. The number of fused-ring (bicyclic) bond motifs is 1. The Morgan fingerprint density at radius 1 is 1.06 bits per heavy atom. The van der Waals surface area contributed by atoms with Crippen molar-refractivity contribution in [3.8, 4) is 11.4 Å². The fourth-order valence-corrected chi connectivity index (χ4v) is 4.73. The van der Waals surface area contributed by atoms with E-state index in [-0.39, 0.29) is 24.2 Å². The molecule has 7 nitrogen and oxygen atoms in total. The Morgan fingerprint density at radius 3 is 2.69 bits per heavy atom. The highest BCUT2D eigenvalue weighted by molar-refractivity contribution is 6.00. The molecule has 164 valence electrons.